The van der Waals surface area contributed by atoms with Crippen molar-refractivity contribution >= 4 is 23.5 Å². The molecule has 7 heteroatoms. The first-order valence-electron chi connectivity index (χ1n) is 13.1. The predicted octanol–water partition coefficient (Wildman–Crippen LogP) is 3.59. The molecule has 196 valence electrons. The summed E-state index contributed by atoms with van der Waals surface area (Å²) >= 11 is 0. The molecule has 1 saturated heterocycles. The van der Waals surface area contributed by atoms with Gasteiger partial charge in [0.05, 0.1) is 12.5 Å². The van der Waals surface area contributed by atoms with E-state index in [1.54, 1.807) is 6.08 Å². The highest BCUT2D eigenvalue weighted by atomic mass is 16.6. The lowest BCUT2D eigenvalue weighted by Crippen LogP contribution is -2.37. The van der Waals surface area contributed by atoms with Crippen LogP contribution in [0.3, 0.4) is 0 Å². The van der Waals surface area contributed by atoms with Gasteiger partial charge in [-0.3, -0.25) is 9.59 Å². The quantitative estimate of drug-likeness (QED) is 0.459. The van der Waals surface area contributed by atoms with Gasteiger partial charge in [0.25, 0.3) is 0 Å². The Morgan fingerprint density at radius 2 is 1.86 bits per heavy atom. The van der Waals surface area contributed by atoms with Crippen molar-refractivity contribution < 1.29 is 33.8 Å². The number of ketones is 2. The molecule has 2 fully saturated rings. The van der Waals surface area contributed by atoms with E-state index in [2.05, 4.69) is 13.2 Å². The topological polar surface area (TPSA) is 107 Å². The molecule has 8 unspecified atom stereocenters. The minimum absolute atomic E-state index is 0.0125. The summed E-state index contributed by atoms with van der Waals surface area (Å²) in [5, 5.41) is 9.91. The number of carbonyl (C=O) groups excluding carboxylic acids is 4. The summed E-state index contributed by atoms with van der Waals surface area (Å²) in [6.07, 6.45) is 4.12. The number of aliphatic hydroxyl groups excluding tert-OH is 1. The first-order valence-corrected chi connectivity index (χ1v) is 13.1. The molecule has 8 atom stereocenters. The summed E-state index contributed by atoms with van der Waals surface area (Å²) < 4.78 is 11.8. The summed E-state index contributed by atoms with van der Waals surface area (Å²) in [7, 11) is 0. The summed E-state index contributed by atoms with van der Waals surface area (Å²) in [5.74, 6) is -2.97. The zero-order valence-electron chi connectivity index (χ0n) is 21.6. The number of hydrogen-bond donors (Lipinski definition) is 1. The third kappa shape index (κ3) is 4.08. The largest absolute Gasteiger partial charge is 0.458 e. The van der Waals surface area contributed by atoms with Gasteiger partial charge in [-0.05, 0) is 69.1 Å². The Morgan fingerprint density at radius 1 is 1.14 bits per heavy atom. The number of carbonyl (C=O) groups is 4. The molecule has 0 amide bonds. The van der Waals surface area contributed by atoms with Gasteiger partial charge in [-0.15, -0.1) is 0 Å². The number of hydrogen-bond acceptors (Lipinski definition) is 7. The third-order valence-electron chi connectivity index (χ3n) is 9.27. The Kier molecular flexibility index (Phi) is 6.47. The Hall–Kier alpha value is -3.06. The summed E-state index contributed by atoms with van der Waals surface area (Å²) in [5.41, 5.74) is 4.05. The minimum Gasteiger partial charge on any atom is -0.458 e. The molecule has 1 saturated carbocycles. The second kappa shape index (κ2) is 9.35. The number of rotatable bonds is 4. The maximum absolute atomic E-state index is 13.5. The normalized spacial score (nSPS) is 37.2. The van der Waals surface area contributed by atoms with Gasteiger partial charge in [-0.25, -0.2) is 9.59 Å². The van der Waals surface area contributed by atoms with Crippen molar-refractivity contribution in [3.05, 3.63) is 58.7 Å². The van der Waals surface area contributed by atoms with Crippen molar-refractivity contribution in [1.82, 2.24) is 0 Å². The first-order chi connectivity index (χ1) is 17.5. The van der Waals surface area contributed by atoms with Crippen LogP contribution in [0.1, 0.15) is 46.5 Å². The first kappa shape index (κ1) is 25.6. The maximum Gasteiger partial charge on any atom is 0.334 e. The summed E-state index contributed by atoms with van der Waals surface area (Å²) in [6.45, 7) is 13.6. The molecule has 5 rings (SSSR count). The molecule has 1 aliphatic heterocycles. The van der Waals surface area contributed by atoms with Crippen LogP contribution in [0.15, 0.2) is 58.7 Å². The van der Waals surface area contributed by atoms with Crippen LogP contribution in [0, 0.1) is 35.5 Å². The average Bonchev–Trinajstić information content (AvgIpc) is 3.35. The van der Waals surface area contributed by atoms with E-state index in [1.165, 1.54) is 6.08 Å². The predicted molar refractivity (Wildman–Crippen MR) is 135 cm³/mol. The van der Waals surface area contributed by atoms with Crippen molar-refractivity contribution in [2.75, 3.05) is 6.61 Å². The molecule has 0 spiro atoms. The SMILES string of the molecule is C=C(C(=O)OC1CC(C)C2C(=O)C=C(CO)C2C2OC(=O)C(=C)C12)C1CCC(C)=C2C(=O)C=C(C)C2C1. The molecule has 0 aromatic heterocycles. The zero-order chi connectivity index (χ0) is 26.8. The molecule has 0 aromatic carbocycles. The number of aliphatic hydroxyl groups is 1. The van der Waals surface area contributed by atoms with Crippen molar-refractivity contribution in [1.29, 1.82) is 0 Å². The lowest BCUT2D eigenvalue weighted by Gasteiger charge is -2.29. The Bertz CT molecular complexity index is 1210. The molecule has 1 N–H and O–H groups in total. The van der Waals surface area contributed by atoms with Crippen molar-refractivity contribution in [2.45, 2.75) is 58.7 Å². The lowest BCUT2D eigenvalue weighted by molar-refractivity contribution is -0.149. The van der Waals surface area contributed by atoms with Crippen LogP contribution in [0.2, 0.25) is 0 Å². The number of allylic oxidation sites excluding steroid dienone is 5. The standard InChI is InChI=1S/C30H34O7/c1-13-6-7-18(10-20-14(2)8-21(32)24(13)20)16(4)29(34)36-23-9-15(3)25-22(33)11-19(12-31)27(25)28-26(23)17(5)30(35)37-28/h8,11,15,18,20,23,25-28,31H,4-7,9-10,12H2,1-3H3. The van der Waals surface area contributed by atoms with Gasteiger partial charge in [0, 0.05) is 34.5 Å². The van der Waals surface area contributed by atoms with Crippen molar-refractivity contribution in [2.24, 2.45) is 35.5 Å². The van der Waals surface area contributed by atoms with E-state index in [0.29, 0.717) is 36.8 Å². The highest BCUT2D eigenvalue weighted by molar-refractivity contribution is 6.08. The molecule has 7 nitrogen and oxygen atoms in total. The molecule has 1 heterocycles. The van der Waals surface area contributed by atoms with E-state index in [9.17, 15) is 24.3 Å². The fourth-order valence-corrected chi connectivity index (χ4v) is 7.32. The van der Waals surface area contributed by atoms with E-state index in [4.69, 9.17) is 9.47 Å². The van der Waals surface area contributed by atoms with Crippen LogP contribution in [0.25, 0.3) is 0 Å². The van der Waals surface area contributed by atoms with Crippen LogP contribution >= 0.6 is 0 Å². The summed E-state index contributed by atoms with van der Waals surface area (Å²) in [6, 6.07) is 0. The zero-order valence-corrected chi connectivity index (χ0v) is 21.6. The van der Waals surface area contributed by atoms with E-state index in [1.807, 2.05) is 20.8 Å². The van der Waals surface area contributed by atoms with Gasteiger partial charge in [0.15, 0.2) is 11.6 Å². The van der Waals surface area contributed by atoms with Crippen LogP contribution in [0.5, 0.6) is 0 Å². The average molecular weight is 507 g/mol. The van der Waals surface area contributed by atoms with Gasteiger partial charge < -0.3 is 14.6 Å². The van der Waals surface area contributed by atoms with E-state index in [-0.39, 0.29) is 41.5 Å². The Labute approximate surface area is 217 Å². The Morgan fingerprint density at radius 3 is 2.57 bits per heavy atom. The van der Waals surface area contributed by atoms with Crippen LogP contribution in [-0.2, 0) is 28.7 Å². The molecular weight excluding hydrogens is 472 g/mol. The summed E-state index contributed by atoms with van der Waals surface area (Å²) in [4.78, 5) is 51.4. The van der Waals surface area contributed by atoms with Crippen LogP contribution < -0.4 is 0 Å². The molecular formula is C30H34O7. The van der Waals surface area contributed by atoms with Crippen molar-refractivity contribution in [3.63, 3.8) is 0 Å². The van der Waals surface area contributed by atoms with Crippen LogP contribution in [-0.4, -0.2) is 47.4 Å². The second-order valence-corrected chi connectivity index (χ2v) is 11.4. The lowest BCUT2D eigenvalue weighted by atomic mass is 9.78. The monoisotopic (exact) mass is 506 g/mol. The molecule has 5 aliphatic rings. The minimum atomic E-state index is -0.726. The second-order valence-electron chi connectivity index (χ2n) is 11.4. The fourth-order valence-electron chi connectivity index (χ4n) is 7.32. The highest BCUT2D eigenvalue weighted by Gasteiger charge is 2.57. The van der Waals surface area contributed by atoms with Gasteiger partial charge in [-0.1, -0.05) is 31.2 Å². The van der Waals surface area contributed by atoms with E-state index < -0.39 is 41.9 Å². The Balaban J connectivity index is 1.38. The molecule has 0 aromatic rings. The van der Waals surface area contributed by atoms with Gasteiger partial charge >= 0.3 is 11.9 Å². The van der Waals surface area contributed by atoms with E-state index in [0.717, 1.165) is 16.7 Å². The third-order valence-corrected chi connectivity index (χ3v) is 9.27. The molecule has 0 bridgehead atoms. The van der Waals surface area contributed by atoms with Crippen LogP contribution in [0.4, 0.5) is 0 Å². The maximum atomic E-state index is 13.5. The molecule has 0 radical (unpaired) electrons. The number of ether oxygens (including phenoxy) is 2. The molecule has 4 aliphatic carbocycles. The van der Waals surface area contributed by atoms with E-state index >= 15 is 0 Å². The smallest absolute Gasteiger partial charge is 0.334 e. The number of fused-ring (bicyclic) bond motifs is 4. The number of esters is 2. The van der Waals surface area contributed by atoms with Gasteiger partial charge in [0.2, 0.25) is 0 Å². The van der Waals surface area contributed by atoms with Gasteiger partial charge in [0.1, 0.15) is 12.2 Å². The molecule has 37 heavy (non-hydrogen) atoms. The van der Waals surface area contributed by atoms with Gasteiger partial charge in [-0.2, -0.15) is 0 Å². The highest BCUT2D eigenvalue weighted by Crippen LogP contribution is 2.51. The fraction of sp³-hybridized carbons (Fsp3) is 0.533. The van der Waals surface area contributed by atoms with Crippen molar-refractivity contribution in [3.8, 4) is 0 Å².